The Kier molecular flexibility index (Phi) is 7.07. The number of aliphatic hydroxyl groups is 1. The van der Waals surface area contributed by atoms with Gasteiger partial charge in [0.2, 0.25) is 0 Å². The molecular formula is C24H33N3O6S. The second-order valence-electron chi connectivity index (χ2n) is 9.59. The van der Waals surface area contributed by atoms with Crippen LogP contribution in [0.4, 0.5) is 0 Å². The van der Waals surface area contributed by atoms with Crippen molar-refractivity contribution in [2.45, 2.75) is 88.5 Å². The van der Waals surface area contributed by atoms with E-state index >= 15 is 0 Å². The lowest BCUT2D eigenvalue weighted by Crippen LogP contribution is -2.44. The molecule has 6 aliphatic rings. The zero-order valence-corrected chi connectivity index (χ0v) is 20.2. The molecule has 0 radical (unpaired) electrons. The smallest absolute Gasteiger partial charge is 0.179 e. The molecule has 5 heterocycles. The minimum Gasteiger partial charge on any atom is -0.385 e. The highest BCUT2D eigenvalue weighted by Gasteiger charge is 2.49. The van der Waals surface area contributed by atoms with Gasteiger partial charge >= 0.3 is 0 Å². The van der Waals surface area contributed by atoms with Crippen molar-refractivity contribution in [3.05, 3.63) is 22.9 Å². The molecule has 0 amide bonds. The Balaban J connectivity index is 1.21. The van der Waals surface area contributed by atoms with Crippen molar-refractivity contribution in [3.63, 3.8) is 0 Å². The first kappa shape index (κ1) is 23.1. The summed E-state index contributed by atoms with van der Waals surface area (Å²) >= 11 is 1.56. The van der Waals surface area contributed by atoms with E-state index in [0.29, 0.717) is 13.2 Å². The van der Waals surface area contributed by atoms with Gasteiger partial charge in [0, 0.05) is 30.7 Å². The summed E-state index contributed by atoms with van der Waals surface area (Å²) < 4.78 is 34.6. The van der Waals surface area contributed by atoms with Crippen LogP contribution in [0, 0.1) is 0 Å². The van der Waals surface area contributed by atoms with E-state index in [9.17, 15) is 5.11 Å². The van der Waals surface area contributed by atoms with E-state index < -0.39 is 24.5 Å². The topological polar surface area (TPSA) is 94.3 Å². The molecule has 6 rings (SSSR count). The molecular weight excluding hydrogens is 458 g/mol. The molecule has 1 aliphatic carbocycles. The molecule has 3 fully saturated rings. The molecule has 10 heteroatoms. The van der Waals surface area contributed by atoms with Crippen molar-refractivity contribution in [1.82, 2.24) is 5.01 Å². The summed E-state index contributed by atoms with van der Waals surface area (Å²) in [6.07, 6.45) is 8.58. The van der Waals surface area contributed by atoms with Crippen LogP contribution in [-0.4, -0.2) is 84.7 Å². The molecule has 34 heavy (non-hydrogen) atoms. The third kappa shape index (κ3) is 4.74. The van der Waals surface area contributed by atoms with Crippen LogP contribution >= 0.6 is 11.9 Å². The van der Waals surface area contributed by atoms with Crippen molar-refractivity contribution in [2.75, 3.05) is 25.6 Å². The van der Waals surface area contributed by atoms with E-state index in [1.165, 1.54) is 16.7 Å². The largest absolute Gasteiger partial charge is 0.385 e. The van der Waals surface area contributed by atoms with Gasteiger partial charge in [0.1, 0.15) is 24.0 Å². The van der Waals surface area contributed by atoms with Crippen LogP contribution in [0.3, 0.4) is 0 Å². The lowest BCUT2D eigenvalue weighted by atomic mass is 10.0. The Morgan fingerprint density at radius 2 is 1.91 bits per heavy atom. The number of allylic oxidation sites excluding steroid dienone is 2. The summed E-state index contributed by atoms with van der Waals surface area (Å²) in [7, 11) is 0. The molecule has 1 N–H and O–H groups in total. The van der Waals surface area contributed by atoms with Crippen LogP contribution < -0.4 is 0 Å². The van der Waals surface area contributed by atoms with Gasteiger partial charge in [0.15, 0.2) is 18.8 Å². The van der Waals surface area contributed by atoms with Crippen LogP contribution in [0.25, 0.3) is 0 Å². The van der Waals surface area contributed by atoms with Gasteiger partial charge < -0.3 is 28.8 Å². The van der Waals surface area contributed by atoms with Gasteiger partial charge in [-0.2, -0.15) is 5.10 Å². The average Bonchev–Trinajstić information content (AvgIpc) is 3.34. The van der Waals surface area contributed by atoms with Gasteiger partial charge in [0.25, 0.3) is 0 Å². The highest BCUT2D eigenvalue weighted by atomic mass is 32.2. The van der Waals surface area contributed by atoms with Crippen molar-refractivity contribution >= 4 is 23.9 Å². The van der Waals surface area contributed by atoms with Gasteiger partial charge in [-0.15, -0.1) is 0 Å². The SMILES string of the molecule is O[C@H]1[C@H](OC2CCCCO2)[C@@H](COC2CCCCO2)O[C@H]1N1C=C2CCC3=C2C(=N1)C=NSC3. The minimum absolute atomic E-state index is 0.234. The van der Waals surface area contributed by atoms with E-state index in [1.807, 2.05) is 12.4 Å². The average molecular weight is 492 g/mol. The van der Waals surface area contributed by atoms with Crippen molar-refractivity contribution < 1.29 is 28.8 Å². The van der Waals surface area contributed by atoms with Crippen molar-refractivity contribution in [1.29, 1.82) is 0 Å². The van der Waals surface area contributed by atoms with Crippen LogP contribution in [-0.2, 0) is 23.7 Å². The fourth-order valence-corrected chi connectivity index (χ4v) is 6.14. The van der Waals surface area contributed by atoms with E-state index in [1.54, 1.807) is 17.0 Å². The number of hydrogen-bond acceptors (Lipinski definition) is 10. The monoisotopic (exact) mass is 491 g/mol. The lowest BCUT2D eigenvalue weighted by molar-refractivity contribution is -0.223. The molecule has 6 atom stereocenters. The zero-order chi connectivity index (χ0) is 22.9. The molecule has 0 saturated carbocycles. The fraction of sp³-hybridized carbons (Fsp3) is 0.750. The van der Waals surface area contributed by atoms with Gasteiger partial charge in [-0.25, -0.2) is 9.41 Å². The summed E-state index contributed by atoms with van der Waals surface area (Å²) in [5.41, 5.74) is 4.69. The Hall–Kier alpha value is -1.27. The first-order valence-electron chi connectivity index (χ1n) is 12.6. The Labute approximate surface area is 204 Å². The van der Waals surface area contributed by atoms with E-state index in [4.69, 9.17) is 28.8 Å². The minimum atomic E-state index is -0.906. The molecule has 186 valence electrons. The molecule has 3 saturated heterocycles. The maximum atomic E-state index is 11.4. The van der Waals surface area contributed by atoms with Crippen LogP contribution in [0.2, 0.25) is 0 Å². The Morgan fingerprint density at radius 3 is 2.71 bits per heavy atom. The molecule has 9 nitrogen and oxygen atoms in total. The summed E-state index contributed by atoms with van der Waals surface area (Å²) in [5.74, 6) is 0.907. The second-order valence-corrected chi connectivity index (χ2v) is 10.3. The van der Waals surface area contributed by atoms with Gasteiger partial charge in [-0.1, -0.05) is 0 Å². The molecule has 0 spiro atoms. The first-order valence-corrected chi connectivity index (χ1v) is 13.5. The van der Waals surface area contributed by atoms with Crippen LogP contribution in [0.1, 0.15) is 51.4 Å². The molecule has 2 unspecified atom stereocenters. The number of hydrazone groups is 1. The summed E-state index contributed by atoms with van der Waals surface area (Å²) in [6, 6.07) is 0. The number of nitrogens with zero attached hydrogens (tertiary/aromatic N) is 3. The number of rotatable bonds is 6. The lowest BCUT2D eigenvalue weighted by Gasteiger charge is -2.31. The fourth-order valence-electron chi connectivity index (χ4n) is 5.45. The highest BCUT2D eigenvalue weighted by molar-refractivity contribution is 7.98. The van der Waals surface area contributed by atoms with E-state index in [0.717, 1.165) is 62.8 Å². The summed E-state index contributed by atoms with van der Waals surface area (Å²) in [6.45, 7) is 1.67. The normalized spacial score (nSPS) is 38.0. The van der Waals surface area contributed by atoms with Gasteiger partial charge in [0.05, 0.1) is 12.8 Å². The predicted molar refractivity (Wildman–Crippen MR) is 127 cm³/mol. The van der Waals surface area contributed by atoms with Crippen molar-refractivity contribution in [2.24, 2.45) is 9.50 Å². The summed E-state index contributed by atoms with van der Waals surface area (Å²) in [4.78, 5) is 0. The van der Waals surface area contributed by atoms with Crippen LogP contribution in [0.15, 0.2) is 32.4 Å². The second kappa shape index (κ2) is 10.4. The first-order chi connectivity index (χ1) is 16.8. The molecule has 0 aromatic heterocycles. The third-order valence-corrected chi connectivity index (χ3v) is 7.96. The Morgan fingerprint density at radius 1 is 1.09 bits per heavy atom. The number of ether oxygens (including phenoxy) is 5. The molecule has 0 aromatic carbocycles. The van der Waals surface area contributed by atoms with E-state index in [-0.39, 0.29) is 19.2 Å². The maximum absolute atomic E-state index is 11.4. The molecule has 0 bridgehead atoms. The highest BCUT2D eigenvalue weighted by Crippen LogP contribution is 2.40. The van der Waals surface area contributed by atoms with Crippen molar-refractivity contribution in [3.8, 4) is 0 Å². The third-order valence-electron chi connectivity index (χ3n) is 7.23. The standard InChI is InChI=1S/C24H33N3O6S/c28-22-23(33-20-6-2-4-10-30-20)18(13-31-19-5-1-3-9-29-19)32-24(22)27-12-15-7-8-16-14-34-25-11-17(26-27)21(15)16/h11-12,18-20,22-24,28H,1-10,13-14H2/t18-,19?,20?,22+,23-,24-/m1/s1. The number of hydrogen-bond donors (Lipinski definition) is 1. The van der Waals surface area contributed by atoms with Crippen LogP contribution in [0.5, 0.6) is 0 Å². The molecule has 5 aliphatic heterocycles. The maximum Gasteiger partial charge on any atom is 0.179 e. The Bertz CT molecular complexity index is 880. The van der Waals surface area contributed by atoms with Gasteiger partial charge in [-0.3, -0.25) is 0 Å². The quantitative estimate of drug-likeness (QED) is 0.567. The summed E-state index contributed by atoms with van der Waals surface area (Å²) in [5, 5.41) is 17.9. The predicted octanol–water partition coefficient (Wildman–Crippen LogP) is 2.91. The number of aliphatic hydroxyl groups excluding tert-OH is 1. The van der Waals surface area contributed by atoms with Gasteiger partial charge in [-0.05, 0) is 74.5 Å². The molecule has 0 aromatic rings. The zero-order valence-electron chi connectivity index (χ0n) is 19.3. The van der Waals surface area contributed by atoms with E-state index in [2.05, 4.69) is 4.40 Å².